The van der Waals surface area contributed by atoms with Gasteiger partial charge in [0, 0.05) is 17.2 Å². The van der Waals surface area contributed by atoms with Crippen molar-refractivity contribution in [1.82, 2.24) is 0 Å². The summed E-state index contributed by atoms with van der Waals surface area (Å²) in [5.74, 6) is 0.0786. The molecule has 0 aliphatic heterocycles. The van der Waals surface area contributed by atoms with Crippen molar-refractivity contribution >= 4 is 28.2 Å². The van der Waals surface area contributed by atoms with Gasteiger partial charge in [0.25, 0.3) is 0 Å². The Bertz CT molecular complexity index is 546. The Kier molecular flexibility index (Phi) is 4.20. The zero-order valence-corrected chi connectivity index (χ0v) is 12.0. The molecular weight excluding hydrogens is 264 g/mol. The average Bonchev–Trinajstić information content (AvgIpc) is 2.82. The SMILES string of the molecule is Cc1ccc(C)c(C(CC(=O)Cl)c2cccs2)c1. The fraction of sp³-hybridized carbons (Fsp3) is 0.267. The van der Waals surface area contributed by atoms with Crippen LogP contribution in [0.5, 0.6) is 0 Å². The van der Waals surface area contributed by atoms with Gasteiger partial charge in [-0.1, -0.05) is 29.8 Å². The number of rotatable bonds is 4. The second kappa shape index (κ2) is 5.68. The molecule has 0 N–H and O–H groups in total. The molecule has 0 aliphatic carbocycles. The maximum atomic E-state index is 11.3. The topological polar surface area (TPSA) is 17.1 Å². The Labute approximate surface area is 116 Å². The smallest absolute Gasteiger partial charge is 0.222 e. The molecule has 1 unspecified atom stereocenters. The van der Waals surface area contributed by atoms with Crippen molar-refractivity contribution < 1.29 is 4.79 Å². The molecule has 18 heavy (non-hydrogen) atoms. The molecule has 0 fully saturated rings. The van der Waals surface area contributed by atoms with E-state index in [9.17, 15) is 4.79 Å². The van der Waals surface area contributed by atoms with E-state index < -0.39 is 0 Å². The van der Waals surface area contributed by atoms with E-state index >= 15 is 0 Å². The molecule has 0 radical (unpaired) electrons. The van der Waals surface area contributed by atoms with E-state index in [1.807, 2.05) is 11.4 Å². The lowest BCUT2D eigenvalue weighted by Gasteiger charge is -2.17. The Morgan fingerprint density at radius 1 is 1.33 bits per heavy atom. The third-order valence-corrected chi connectivity index (χ3v) is 4.20. The van der Waals surface area contributed by atoms with Crippen LogP contribution in [0.2, 0.25) is 0 Å². The molecule has 3 heteroatoms. The molecule has 0 spiro atoms. The second-order valence-electron chi connectivity index (χ2n) is 4.49. The maximum absolute atomic E-state index is 11.3. The van der Waals surface area contributed by atoms with Crippen molar-refractivity contribution in [2.75, 3.05) is 0 Å². The van der Waals surface area contributed by atoms with Gasteiger partial charge in [-0.2, -0.15) is 0 Å². The zero-order valence-electron chi connectivity index (χ0n) is 10.4. The van der Waals surface area contributed by atoms with Crippen LogP contribution in [0, 0.1) is 13.8 Å². The molecule has 94 valence electrons. The quantitative estimate of drug-likeness (QED) is 0.744. The van der Waals surface area contributed by atoms with Gasteiger partial charge in [0.1, 0.15) is 0 Å². The van der Waals surface area contributed by atoms with Crippen LogP contribution in [0.3, 0.4) is 0 Å². The summed E-state index contributed by atoms with van der Waals surface area (Å²) in [6, 6.07) is 10.4. The first-order chi connectivity index (χ1) is 8.58. The molecule has 1 nitrogen and oxygen atoms in total. The molecule has 0 saturated heterocycles. The van der Waals surface area contributed by atoms with Gasteiger partial charge in [-0.3, -0.25) is 4.79 Å². The highest BCUT2D eigenvalue weighted by atomic mass is 35.5. The van der Waals surface area contributed by atoms with Gasteiger partial charge in [-0.15, -0.1) is 11.3 Å². The van der Waals surface area contributed by atoms with E-state index in [2.05, 4.69) is 38.1 Å². The lowest BCUT2D eigenvalue weighted by Crippen LogP contribution is -2.05. The number of benzene rings is 1. The van der Waals surface area contributed by atoms with Gasteiger partial charge in [0.2, 0.25) is 5.24 Å². The van der Waals surface area contributed by atoms with E-state index in [1.165, 1.54) is 21.6 Å². The lowest BCUT2D eigenvalue weighted by molar-refractivity contribution is -0.111. The van der Waals surface area contributed by atoms with Gasteiger partial charge in [-0.05, 0) is 48.0 Å². The van der Waals surface area contributed by atoms with Crippen molar-refractivity contribution in [2.24, 2.45) is 0 Å². The van der Waals surface area contributed by atoms with Gasteiger partial charge in [-0.25, -0.2) is 0 Å². The van der Waals surface area contributed by atoms with Crippen molar-refractivity contribution in [3.63, 3.8) is 0 Å². The summed E-state index contributed by atoms with van der Waals surface area (Å²) < 4.78 is 0. The van der Waals surface area contributed by atoms with Crippen molar-refractivity contribution in [3.8, 4) is 0 Å². The van der Waals surface area contributed by atoms with Crippen LogP contribution in [0.25, 0.3) is 0 Å². The number of carbonyl (C=O) groups excluding carboxylic acids is 1. The first kappa shape index (κ1) is 13.3. The first-order valence-electron chi connectivity index (χ1n) is 5.87. The Morgan fingerprint density at radius 3 is 2.72 bits per heavy atom. The lowest BCUT2D eigenvalue weighted by atomic mass is 9.90. The molecule has 1 aromatic heterocycles. The third-order valence-electron chi connectivity index (χ3n) is 3.06. The van der Waals surface area contributed by atoms with Crippen LogP contribution in [0.4, 0.5) is 0 Å². The predicted octanol–water partition coefficient (Wildman–Crippen LogP) is 4.65. The van der Waals surface area contributed by atoms with Crippen LogP contribution in [-0.2, 0) is 4.79 Å². The fourth-order valence-corrected chi connectivity index (χ4v) is 3.15. The molecule has 1 atom stereocenters. The first-order valence-corrected chi connectivity index (χ1v) is 7.12. The summed E-state index contributed by atoms with van der Waals surface area (Å²) in [6.45, 7) is 4.14. The molecule has 2 aromatic rings. The molecule has 2 rings (SSSR count). The summed E-state index contributed by atoms with van der Waals surface area (Å²) in [5, 5.41) is 1.75. The maximum Gasteiger partial charge on any atom is 0.222 e. The van der Waals surface area contributed by atoms with E-state index in [0.29, 0.717) is 6.42 Å². The monoisotopic (exact) mass is 278 g/mol. The Balaban J connectivity index is 2.46. The Morgan fingerprint density at radius 2 is 2.11 bits per heavy atom. The van der Waals surface area contributed by atoms with Crippen LogP contribution < -0.4 is 0 Å². The molecular formula is C15H15ClOS. The fourth-order valence-electron chi connectivity index (χ4n) is 2.15. The van der Waals surface area contributed by atoms with Gasteiger partial charge in [0.15, 0.2) is 0 Å². The molecule has 1 heterocycles. The van der Waals surface area contributed by atoms with E-state index in [-0.39, 0.29) is 11.2 Å². The van der Waals surface area contributed by atoms with Gasteiger partial charge >= 0.3 is 0 Å². The van der Waals surface area contributed by atoms with Gasteiger partial charge < -0.3 is 0 Å². The highest BCUT2D eigenvalue weighted by Gasteiger charge is 2.20. The van der Waals surface area contributed by atoms with E-state index in [4.69, 9.17) is 11.6 Å². The number of halogens is 1. The molecule has 0 bridgehead atoms. The highest BCUT2D eigenvalue weighted by molar-refractivity contribution is 7.10. The summed E-state index contributed by atoms with van der Waals surface area (Å²) >= 11 is 7.27. The minimum absolute atomic E-state index is 0.0786. The molecule has 0 saturated carbocycles. The summed E-state index contributed by atoms with van der Waals surface area (Å²) in [5.41, 5.74) is 3.61. The standard InChI is InChI=1S/C15H15ClOS/c1-10-5-6-11(2)12(8-10)13(9-15(16)17)14-4-3-7-18-14/h3-8,13H,9H2,1-2H3. The molecule has 0 aliphatic rings. The predicted molar refractivity (Wildman–Crippen MR) is 77.6 cm³/mol. The largest absolute Gasteiger partial charge is 0.281 e. The van der Waals surface area contributed by atoms with Crippen LogP contribution in [-0.4, -0.2) is 5.24 Å². The van der Waals surface area contributed by atoms with Crippen LogP contribution in [0.15, 0.2) is 35.7 Å². The van der Waals surface area contributed by atoms with Crippen molar-refractivity contribution in [1.29, 1.82) is 0 Å². The van der Waals surface area contributed by atoms with E-state index in [1.54, 1.807) is 11.3 Å². The summed E-state index contributed by atoms with van der Waals surface area (Å²) in [4.78, 5) is 12.5. The molecule has 0 amide bonds. The van der Waals surface area contributed by atoms with Crippen LogP contribution >= 0.6 is 22.9 Å². The number of aryl methyl sites for hydroxylation is 2. The van der Waals surface area contributed by atoms with Gasteiger partial charge in [0.05, 0.1) is 0 Å². The number of carbonyl (C=O) groups is 1. The summed E-state index contributed by atoms with van der Waals surface area (Å²) in [6.07, 6.45) is 0.354. The zero-order chi connectivity index (χ0) is 13.1. The number of hydrogen-bond acceptors (Lipinski definition) is 2. The second-order valence-corrected chi connectivity index (χ2v) is 5.89. The number of thiophene rings is 1. The minimum atomic E-state index is -0.283. The minimum Gasteiger partial charge on any atom is -0.281 e. The Hall–Kier alpha value is -1.12. The normalized spacial score (nSPS) is 12.4. The van der Waals surface area contributed by atoms with Crippen LogP contribution in [0.1, 0.15) is 33.9 Å². The van der Waals surface area contributed by atoms with Crippen molar-refractivity contribution in [3.05, 3.63) is 57.3 Å². The van der Waals surface area contributed by atoms with Crippen molar-refractivity contribution in [2.45, 2.75) is 26.2 Å². The highest BCUT2D eigenvalue weighted by Crippen LogP contribution is 2.34. The summed E-state index contributed by atoms with van der Waals surface area (Å²) in [7, 11) is 0. The molecule has 1 aromatic carbocycles. The third kappa shape index (κ3) is 3.01. The van der Waals surface area contributed by atoms with E-state index in [0.717, 1.165) is 0 Å². The number of hydrogen-bond donors (Lipinski definition) is 0. The average molecular weight is 279 g/mol.